The molecule has 0 spiro atoms. The molecule has 0 aromatic heterocycles. The van der Waals surface area contributed by atoms with Crippen LogP contribution in [0.1, 0.15) is 25.3 Å². The highest BCUT2D eigenvalue weighted by atomic mass is 19.1. The van der Waals surface area contributed by atoms with Gasteiger partial charge in [0.25, 0.3) is 0 Å². The summed E-state index contributed by atoms with van der Waals surface area (Å²) in [5.41, 5.74) is 0.502. The van der Waals surface area contributed by atoms with Gasteiger partial charge in [0.15, 0.2) is 11.6 Å². The van der Waals surface area contributed by atoms with Crippen LogP contribution in [-0.4, -0.2) is 6.61 Å². The van der Waals surface area contributed by atoms with Gasteiger partial charge in [0.2, 0.25) is 0 Å². The van der Waals surface area contributed by atoms with Crippen LogP contribution in [0, 0.1) is 17.6 Å². The molecule has 0 amide bonds. The molecule has 0 atom stereocenters. The SMILES string of the molecule is CCc1cc(OCC2CC2)c(F)cc1F. The van der Waals surface area contributed by atoms with Gasteiger partial charge in [0, 0.05) is 6.07 Å². The van der Waals surface area contributed by atoms with Crippen LogP contribution in [0.4, 0.5) is 8.78 Å². The Morgan fingerprint density at radius 3 is 2.60 bits per heavy atom. The highest BCUT2D eigenvalue weighted by Gasteiger charge is 2.22. The lowest BCUT2D eigenvalue weighted by molar-refractivity contribution is 0.284. The Morgan fingerprint density at radius 2 is 2.00 bits per heavy atom. The molecule has 1 saturated carbocycles. The zero-order chi connectivity index (χ0) is 10.8. The summed E-state index contributed by atoms with van der Waals surface area (Å²) in [5, 5.41) is 0. The van der Waals surface area contributed by atoms with E-state index in [1.165, 1.54) is 6.07 Å². The number of hydrogen-bond acceptors (Lipinski definition) is 1. The number of hydrogen-bond donors (Lipinski definition) is 0. The van der Waals surface area contributed by atoms with Crippen LogP contribution >= 0.6 is 0 Å². The summed E-state index contributed by atoms with van der Waals surface area (Å²) in [6, 6.07) is 2.37. The minimum Gasteiger partial charge on any atom is -0.490 e. The minimum atomic E-state index is -0.606. The van der Waals surface area contributed by atoms with Crippen molar-refractivity contribution in [1.82, 2.24) is 0 Å². The molecule has 1 nitrogen and oxygen atoms in total. The molecule has 1 aliphatic carbocycles. The molecule has 0 unspecified atom stereocenters. The second-order valence-electron chi connectivity index (χ2n) is 3.98. The molecular weight excluding hydrogens is 198 g/mol. The Kier molecular flexibility index (Phi) is 2.89. The van der Waals surface area contributed by atoms with E-state index in [1.807, 2.05) is 6.92 Å². The summed E-state index contributed by atoms with van der Waals surface area (Å²) in [4.78, 5) is 0. The van der Waals surface area contributed by atoms with Crippen molar-refractivity contribution in [3.63, 3.8) is 0 Å². The molecule has 0 radical (unpaired) electrons. The van der Waals surface area contributed by atoms with E-state index in [-0.39, 0.29) is 5.75 Å². The van der Waals surface area contributed by atoms with Crippen molar-refractivity contribution in [2.45, 2.75) is 26.2 Å². The fourth-order valence-electron chi connectivity index (χ4n) is 1.44. The summed E-state index contributed by atoms with van der Waals surface area (Å²) < 4.78 is 31.7. The smallest absolute Gasteiger partial charge is 0.167 e. The second kappa shape index (κ2) is 4.17. The molecule has 0 aliphatic heterocycles. The maximum atomic E-state index is 13.3. The van der Waals surface area contributed by atoms with Crippen LogP contribution in [0.3, 0.4) is 0 Å². The summed E-state index contributed by atoms with van der Waals surface area (Å²) >= 11 is 0. The normalized spacial score (nSPS) is 15.4. The minimum absolute atomic E-state index is 0.181. The average Bonchev–Trinajstić information content (AvgIpc) is 3.00. The first-order valence-electron chi connectivity index (χ1n) is 5.31. The molecule has 0 saturated heterocycles. The third-order valence-electron chi connectivity index (χ3n) is 2.65. The largest absolute Gasteiger partial charge is 0.490 e. The number of rotatable bonds is 4. The molecule has 0 bridgehead atoms. The van der Waals surface area contributed by atoms with Gasteiger partial charge >= 0.3 is 0 Å². The van der Waals surface area contributed by atoms with Crippen molar-refractivity contribution in [3.05, 3.63) is 29.3 Å². The number of aryl methyl sites for hydroxylation is 1. The summed E-state index contributed by atoms with van der Waals surface area (Å²) in [5.74, 6) is -0.348. The summed E-state index contributed by atoms with van der Waals surface area (Å²) in [7, 11) is 0. The Bertz CT molecular complexity index is 359. The highest BCUT2D eigenvalue weighted by Crippen LogP contribution is 2.30. The molecule has 1 aromatic rings. The van der Waals surface area contributed by atoms with Crippen molar-refractivity contribution >= 4 is 0 Å². The maximum absolute atomic E-state index is 13.3. The van der Waals surface area contributed by atoms with Crippen LogP contribution in [0.5, 0.6) is 5.75 Å². The van der Waals surface area contributed by atoms with Gasteiger partial charge < -0.3 is 4.74 Å². The van der Waals surface area contributed by atoms with Crippen molar-refractivity contribution in [3.8, 4) is 5.75 Å². The van der Waals surface area contributed by atoms with Gasteiger partial charge in [-0.2, -0.15) is 0 Å². The Morgan fingerprint density at radius 1 is 1.27 bits per heavy atom. The van der Waals surface area contributed by atoms with Crippen LogP contribution in [-0.2, 0) is 6.42 Å². The molecule has 2 rings (SSSR count). The van der Waals surface area contributed by atoms with Crippen molar-refractivity contribution < 1.29 is 13.5 Å². The Hall–Kier alpha value is -1.12. The van der Waals surface area contributed by atoms with Gasteiger partial charge in [-0.25, -0.2) is 8.78 Å². The fraction of sp³-hybridized carbons (Fsp3) is 0.500. The van der Waals surface area contributed by atoms with Gasteiger partial charge in [-0.15, -0.1) is 0 Å². The summed E-state index contributed by atoms with van der Waals surface area (Å²) in [6.07, 6.45) is 2.86. The third kappa shape index (κ3) is 2.46. The molecule has 0 N–H and O–H groups in total. The van der Waals surface area contributed by atoms with Crippen molar-refractivity contribution in [2.24, 2.45) is 5.92 Å². The monoisotopic (exact) mass is 212 g/mol. The molecular formula is C12H14F2O. The van der Waals surface area contributed by atoms with Crippen molar-refractivity contribution in [2.75, 3.05) is 6.61 Å². The van der Waals surface area contributed by atoms with E-state index < -0.39 is 11.6 Å². The molecule has 82 valence electrons. The zero-order valence-electron chi connectivity index (χ0n) is 8.72. The average molecular weight is 212 g/mol. The lowest BCUT2D eigenvalue weighted by Crippen LogP contribution is -2.02. The van der Waals surface area contributed by atoms with E-state index in [1.54, 1.807) is 0 Å². The third-order valence-corrected chi connectivity index (χ3v) is 2.65. The van der Waals surface area contributed by atoms with E-state index in [2.05, 4.69) is 0 Å². The topological polar surface area (TPSA) is 9.23 Å². The molecule has 1 aliphatic rings. The van der Waals surface area contributed by atoms with Gasteiger partial charge in [0.1, 0.15) is 5.82 Å². The number of benzene rings is 1. The predicted octanol–water partition coefficient (Wildman–Crippen LogP) is 3.32. The Balaban J connectivity index is 2.13. The maximum Gasteiger partial charge on any atom is 0.167 e. The van der Waals surface area contributed by atoms with Crippen LogP contribution in [0.25, 0.3) is 0 Å². The van der Waals surface area contributed by atoms with Gasteiger partial charge in [0.05, 0.1) is 6.61 Å². The first-order chi connectivity index (χ1) is 7.20. The zero-order valence-corrected chi connectivity index (χ0v) is 8.72. The van der Waals surface area contributed by atoms with Crippen LogP contribution < -0.4 is 4.74 Å². The van der Waals surface area contributed by atoms with Gasteiger partial charge in [-0.1, -0.05) is 6.92 Å². The van der Waals surface area contributed by atoms with E-state index >= 15 is 0 Å². The van der Waals surface area contributed by atoms with E-state index in [0.29, 0.717) is 24.5 Å². The standard InChI is InChI=1S/C12H14F2O/c1-2-9-5-12(11(14)6-10(9)13)15-7-8-3-4-8/h5-6,8H,2-4,7H2,1H3. The lowest BCUT2D eigenvalue weighted by Gasteiger charge is -2.08. The lowest BCUT2D eigenvalue weighted by atomic mass is 10.1. The number of ether oxygens (including phenoxy) is 1. The number of halogens is 2. The quantitative estimate of drug-likeness (QED) is 0.744. The molecule has 0 heterocycles. The van der Waals surface area contributed by atoms with Gasteiger partial charge in [-0.3, -0.25) is 0 Å². The van der Waals surface area contributed by atoms with Crippen LogP contribution in [0.2, 0.25) is 0 Å². The van der Waals surface area contributed by atoms with E-state index in [0.717, 1.165) is 18.9 Å². The molecule has 1 aromatic carbocycles. The van der Waals surface area contributed by atoms with E-state index in [4.69, 9.17) is 4.74 Å². The first-order valence-corrected chi connectivity index (χ1v) is 5.31. The first kappa shape index (κ1) is 10.4. The van der Waals surface area contributed by atoms with E-state index in [9.17, 15) is 8.78 Å². The fourth-order valence-corrected chi connectivity index (χ4v) is 1.44. The molecule has 1 fully saturated rings. The molecule has 15 heavy (non-hydrogen) atoms. The van der Waals surface area contributed by atoms with Crippen molar-refractivity contribution in [1.29, 1.82) is 0 Å². The van der Waals surface area contributed by atoms with Gasteiger partial charge in [-0.05, 0) is 36.8 Å². The predicted molar refractivity (Wildman–Crippen MR) is 54.0 cm³/mol. The second-order valence-corrected chi connectivity index (χ2v) is 3.98. The molecule has 3 heteroatoms. The van der Waals surface area contributed by atoms with Crippen LogP contribution in [0.15, 0.2) is 12.1 Å². The highest BCUT2D eigenvalue weighted by molar-refractivity contribution is 5.31. The summed E-state index contributed by atoms with van der Waals surface area (Å²) in [6.45, 7) is 2.38. The Labute approximate surface area is 88.1 Å².